The molecule has 0 aliphatic carbocycles. The molecule has 8 nitrogen and oxygen atoms in total. The zero-order valence-electron chi connectivity index (χ0n) is 13.5. The lowest BCUT2D eigenvalue weighted by molar-refractivity contribution is -0.118. The van der Waals surface area contributed by atoms with Crippen molar-refractivity contribution in [2.45, 2.75) is 6.92 Å². The molecule has 2 aliphatic heterocycles. The fourth-order valence-electron chi connectivity index (χ4n) is 2.40. The number of benzene rings is 1. The number of aliphatic hydroxyl groups excluding tert-OH is 1. The van der Waals surface area contributed by atoms with Crippen LogP contribution in [0.15, 0.2) is 39.4 Å². The minimum absolute atomic E-state index is 0.0857. The molecule has 0 spiro atoms. The topological polar surface area (TPSA) is 107 Å². The lowest BCUT2D eigenvalue weighted by Gasteiger charge is -2.19. The molecule has 1 aromatic rings. The van der Waals surface area contributed by atoms with Crippen molar-refractivity contribution in [1.82, 2.24) is 5.01 Å². The smallest absolute Gasteiger partial charge is 0.264 e. The molecule has 9 heteroatoms. The predicted octanol–water partition coefficient (Wildman–Crippen LogP) is 0.871. The van der Waals surface area contributed by atoms with E-state index in [1.807, 2.05) is 31.2 Å². The molecule has 0 saturated heterocycles. The van der Waals surface area contributed by atoms with Gasteiger partial charge in [0.1, 0.15) is 11.8 Å². The molecule has 1 aromatic carbocycles. The summed E-state index contributed by atoms with van der Waals surface area (Å²) in [4.78, 5) is 32.3. The van der Waals surface area contributed by atoms with E-state index in [9.17, 15) is 9.59 Å². The van der Waals surface area contributed by atoms with Gasteiger partial charge in [-0.05, 0) is 24.6 Å². The molecule has 0 radical (unpaired) electrons. The number of amidine groups is 2. The first-order valence-corrected chi connectivity index (χ1v) is 8.68. The van der Waals surface area contributed by atoms with E-state index in [-0.39, 0.29) is 35.9 Å². The van der Waals surface area contributed by atoms with E-state index in [1.54, 1.807) is 0 Å². The maximum atomic E-state index is 12.1. The second-order valence-corrected chi connectivity index (χ2v) is 6.44. The van der Waals surface area contributed by atoms with Gasteiger partial charge < -0.3 is 10.4 Å². The number of carbonyl (C=O) groups is 2. The summed E-state index contributed by atoms with van der Waals surface area (Å²) in [7, 11) is 0. The van der Waals surface area contributed by atoms with Gasteiger partial charge in [-0.2, -0.15) is 10.1 Å². The summed E-state index contributed by atoms with van der Waals surface area (Å²) in [5.41, 5.74) is 1.77. The van der Waals surface area contributed by atoms with Gasteiger partial charge in [0.2, 0.25) is 5.91 Å². The minimum atomic E-state index is -0.600. The van der Waals surface area contributed by atoms with Gasteiger partial charge in [0.05, 0.1) is 18.9 Å². The van der Waals surface area contributed by atoms with E-state index >= 15 is 0 Å². The highest BCUT2D eigenvalue weighted by Gasteiger charge is 2.35. The Morgan fingerprint density at radius 1 is 1.40 bits per heavy atom. The Balaban J connectivity index is 1.60. The number of rotatable bonds is 5. The summed E-state index contributed by atoms with van der Waals surface area (Å²) >= 11 is 1.09. The number of fused-ring (bicyclic) bond motifs is 1. The number of aliphatic hydroxyl groups is 1. The predicted molar refractivity (Wildman–Crippen MR) is 97.9 cm³/mol. The summed E-state index contributed by atoms with van der Waals surface area (Å²) < 4.78 is 0. The third-order valence-corrected chi connectivity index (χ3v) is 4.37. The molecule has 0 fully saturated rings. The molecule has 130 valence electrons. The quantitative estimate of drug-likeness (QED) is 0.811. The normalized spacial score (nSPS) is 18.7. The van der Waals surface area contributed by atoms with Crippen molar-refractivity contribution in [2.24, 2.45) is 21.0 Å². The van der Waals surface area contributed by atoms with Gasteiger partial charge in [0.25, 0.3) is 5.91 Å². The Kier molecular flexibility index (Phi) is 5.25. The Labute approximate surface area is 148 Å². The average molecular weight is 359 g/mol. The van der Waals surface area contributed by atoms with E-state index in [4.69, 9.17) is 5.11 Å². The molecule has 0 aromatic heterocycles. The van der Waals surface area contributed by atoms with E-state index < -0.39 is 5.92 Å². The summed E-state index contributed by atoms with van der Waals surface area (Å²) in [5.74, 6) is -0.645. The highest BCUT2D eigenvalue weighted by molar-refractivity contribution is 8.14. The fourth-order valence-corrected chi connectivity index (χ4v) is 3.05. The van der Waals surface area contributed by atoms with Gasteiger partial charge in [-0.25, -0.2) is 10.0 Å². The van der Waals surface area contributed by atoms with Crippen LogP contribution in [0.1, 0.15) is 5.56 Å². The first-order valence-electron chi connectivity index (χ1n) is 7.70. The average Bonchev–Trinajstić information content (AvgIpc) is 2.97. The Morgan fingerprint density at radius 3 is 3.00 bits per heavy atom. The second-order valence-electron chi connectivity index (χ2n) is 5.50. The maximum Gasteiger partial charge on any atom is 0.264 e. The Hall–Kier alpha value is -2.52. The number of hydrogen-bond donors (Lipinski definition) is 2. The molecule has 2 aliphatic rings. The molecule has 1 atom stereocenters. The van der Waals surface area contributed by atoms with Crippen molar-refractivity contribution in [2.75, 3.05) is 24.2 Å². The molecule has 0 bridgehead atoms. The van der Waals surface area contributed by atoms with E-state index in [0.717, 1.165) is 23.0 Å². The molecule has 25 heavy (non-hydrogen) atoms. The number of hydrazone groups is 1. The lowest BCUT2D eigenvalue weighted by atomic mass is 10.1. The summed E-state index contributed by atoms with van der Waals surface area (Å²) in [6.45, 7) is 2.10. The van der Waals surface area contributed by atoms with Gasteiger partial charge in [-0.1, -0.05) is 23.9 Å². The highest BCUT2D eigenvalue weighted by atomic mass is 32.2. The van der Waals surface area contributed by atoms with Crippen molar-refractivity contribution in [3.05, 3.63) is 29.8 Å². The van der Waals surface area contributed by atoms with Crippen LogP contribution in [0.5, 0.6) is 0 Å². The molecule has 2 heterocycles. The van der Waals surface area contributed by atoms with Gasteiger partial charge >= 0.3 is 0 Å². The number of nitrogens with one attached hydrogen (secondary N) is 1. The molecule has 1 unspecified atom stereocenters. The van der Waals surface area contributed by atoms with Crippen LogP contribution in [0, 0.1) is 12.8 Å². The third kappa shape index (κ3) is 4.12. The number of anilines is 1. The van der Waals surface area contributed by atoms with Crippen LogP contribution >= 0.6 is 11.8 Å². The Bertz CT molecular complexity index is 790. The summed E-state index contributed by atoms with van der Waals surface area (Å²) in [5, 5.41) is 17.6. The largest absolute Gasteiger partial charge is 0.394 e. The number of hydrogen-bond acceptors (Lipinski definition) is 7. The molecular weight excluding hydrogens is 342 g/mol. The van der Waals surface area contributed by atoms with E-state index in [2.05, 4.69) is 20.4 Å². The number of nitrogens with zero attached hydrogens (tertiary/aromatic N) is 4. The number of aryl methyl sites for hydroxylation is 1. The fraction of sp³-hybridized carbons (Fsp3) is 0.312. The molecule has 3 rings (SSSR count). The number of thioether (sulfide) groups is 1. The van der Waals surface area contributed by atoms with Crippen LogP contribution in [-0.2, 0) is 9.59 Å². The van der Waals surface area contributed by atoms with Crippen LogP contribution in [0.3, 0.4) is 0 Å². The number of β-amino-alcohol motifs (C(OH)–C–C–N with tert-alkyl or cyclic N) is 1. The minimum Gasteiger partial charge on any atom is -0.394 e. The van der Waals surface area contributed by atoms with Gasteiger partial charge in [0, 0.05) is 11.9 Å². The number of amides is 2. The third-order valence-electron chi connectivity index (χ3n) is 3.53. The van der Waals surface area contributed by atoms with Crippen LogP contribution < -0.4 is 5.32 Å². The highest BCUT2D eigenvalue weighted by Crippen LogP contribution is 2.21. The number of aliphatic imine (C=N–C) groups is 2. The van der Waals surface area contributed by atoms with Crippen molar-refractivity contribution in [3.8, 4) is 0 Å². The van der Waals surface area contributed by atoms with Crippen molar-refractivity contribution >= 4 is 46.5 Å². The molecule has 2 N–H and O–H groups in total. The van der Waals surface area contributed by atoms with Gasteiger partial charge in [-0.15, -0.1) is 0 Å². The molecule has 2 amide bonds. The van der Waals surface area contributed by atoms with Gasteiger partial charge in [0.15, 0.2) is 5.17 Å². The standard InChI is InChI=1S/C16H17N5O3S/c1-10-3-2-4-11(7-10)18-13(23)9-25-16-19-14-12(15(24)20-16)8-17-21(14)5-6-22/h2-4,7-8,12,22H,5-6,9H2,1H3,(H,18,23). The van der Waals surface area contributed by atoms with Crippen molar-refractivity contribution < 1.29 is 14.7 Å². The maximum absolute atomic E-state index is 12.1. The van der Waals surface area contributed by atoms with Crippen LogP contribution in [0.2, 0.25) is 0 Å². The zero-order chi connectivity index (χ0) is 17.8. The lowest BCUT2D eigenvalue weighted by Crippen LogP contribution is -2.35. The monoisotopic (exact) mass is 359 g/mol. The van der Waals surface area contributed by atoms with E-state index in [0.29, 0.717) is 5.84 Å². The van der Waals surface area contributed by atoms with Crippen LogP contribution in [0.4, 0.5) is 5.69 Å². The first kappa shape index (κ1) is 17.3. The second kappa shape index (κ2) is 7.58. The summed E-state index contributed by atoms with van der Waals surface area (Å²) in [6, 6.07) is 7.49. The van der Waals surface area contributed by atoms with E-state index in [1.165, 1.54) is 11.2 Å². The van der Waals surface area contributed by atoms with Crippen LogP contribution in [-0.4, -0.2) is 58.1 Å². The molecule has 0 saturated carbocycles. The number of carbonyl (C=O) groups excluding carboxylic acids is 2. The SMILES string of the molecule is Cc1cccc(NC(=O)CSC2=NC(=O)C3C=NN(CCO)C3=N2)c1. The van der Waals surface area contributed by atoms with Crippen molar-refractivity contribution in [1.29, 1.82) is 0 Å². The molecular formula is C16H17N5O3S. The first-order chi connectivity index (χ1) is 12.1. The zero-order valence-corrected chi connectivity index (χ0v) is 14.4. The van der Waals surface area contributed by atoms with Crippen molar-refractivity contribution in [3.63, 3.8) is 0 Å². The summed E-state index contributed by atoms with van der Waals surface area (Å²) in [6.07, 6.45) is 1.46. The van der Waals surface area contributed by atoms with Gasteiger partial charge in [-0.3, -0.25) is 9.59 Å². The Morgan fingerprint density at radius 2 is 2.24 bits per heavy atom. The van der Waals surface area contributed by atoms with Crippen LogP contribution in [0.25, 0.3) is 0 Å².